The van der Waals surface area contributed by atoms with Crippen LogP contribution in [0.5, 0.6) is 5.75 Å². The van der Waals surface area contributed by atoms with Crippen molar-refractivity contribution in [1.29, 1.82) is 0 Å². The number of aliphatic hydroxyl groups is 2. The van der Waals surface area contributed by atoms with E-state index in [2.05, 4.69) is 5.32 Å². The molecule has 6 N–H and O–H groups in total. The highest BCUT2D eigenvalue weighted by Crippen LogP contribution is 2.21. The van der Waals surface area contributed by atoms with Crippen molar-refractivity contribution in [1.82, 2.24) is 0 Å². The summed E-state index contributed by atoms with van der Waals surface area (Å²) in [4.78, 5) is 13.9. The molecular weight excluding hydrogens is 370 g/mol. The fourth-order valence-corrected chi connectivity index (χ4v) is 2.42. The van der Waals surface area contributed by atoms with Gasteiger partial charge >= 0.3 is 0 Å². The monoisotopic (exact) mass is 393 g/mol. The van der Waals surface area contributed by atoms with Gasteiger partial charge in [0.25, 0.3) is 0 Å². The average molecular weight is 394 g/mol. The maximum atomic E-state index is 12.0. The minimum absolute atomic E-state index is 0. The number of benzene rings is 2. The molecule has 8 heteroatoms. The Morgan fingerprint density at radius 2 is 1.70 bits per heavy atom. The number of rotatable bonds is 8. The van der Waals surface area contributed by atoms with E-state index in [1.807, 2.05) is 4.90 Å². The van der Waals surface area contributed by atoms with Crippen molar-refractivity contribution in [2.45, 2.75) is 0 Å². The van der Waals surface area contributed by atoms with Gasteiger partial charge in [0.1, 0.15) is 5.75 Å². The molecule has 0 saturated carbocycles. The number of nitrogens with two attached hydrogens (primary N) is 1. The van der Waals surface area contributed by atoms with E-state index < -0.39 is 0 Å². The third-order valence-electron chi connectivity index (χ3n) is 3.71. The molecule has 1 amide bonds. The number of nitrogen functional groups attached to an aromatic ring is 1. The molecule has 0 heterocycles. The molecule has 0 aliphatic heterocycles. The molecule has 0 spiro atoms. The number of carbonyl (C=O) groups is 1. The molecule has 27 heavy (non-hydrogen) atoms. The molecule has 0 bridgehead atoms. The third kappa shape index (κ3) is 6.82. The van der Waals surface area contributed by atoms with Gasteiger partial charge in [-0.05, 0) is 48.5 Å². The summed E-state index contributed by atoms with van der Waals surface area (Å²) in [5.74, 6) is -0.303. The van der Waals surface area contributed by atoms with Gasteiger partial charge in [-0.1, -0.05) is 0 Å². The van der Waals surface area contributed by atoms with Crippen molar-refractivity contribution < 1.29 is 20.1 Å². The summed E-state index contributed by atoms with van der Waals surface area (Å²) in [6.07, 6.45) is 2.80. The largest absolute Gasteiger partial charge is 0.507 e. The number of nitrogens with one attached hydrogen (secondary N) is 1. The molecule has 7 nitrogen and oxygen atoms in total. The summed E-state index contributed by atoms with van der Waals surface area (Å²) in [6.45, 7) is 0.803. The molecule has 2 aromatic carbocycles. The van der Waals surface area contributed by atoms with Crippen LogP contribution in [-0.4, -0.2) is 47.5 Å². The van der Waals surface area contributed by atoms with Crippen LogP contribution in [0.15, 0.2) is 48.5 Å². The Morgan fingerprint density at radius 3 is 2.30 bits per heavy atom. The SMILES string of the molecule is Cl.Nc1ccc(O)c(C=CC(=O)Nc2ccc(N(CCO)CCO)cc2)c1. The summed E-state index contributed by atoms with van der Waals surface area (Å²) in [7, 11) is 0. The maximum absolute atomic E-state index is 12.0. The summed E-state index contributed by atoms with van der Waals surface area (Å²) < 4.78 is 0. The molecule has 0 aliphatic carbocycles. The van der Waals surface area contributed by atoms with Crippen LogP contribution in [0.3, 0.4) is 0 Å². The van der Waals surface area contributed by atoms with E-state index >= 15 is 0 Å². The molecule has 2 aromatic rings. The zero-order chi connectivity index (χ0) is 18.9. The van der Waals surface area contributed by atoms with E-state index in [1.165, 1.54) is 18.2 Å². The van der Waals surface area contributed by atoms with Gasteiger partial charge in [0, 0.05) is 41.8 Å². The van der Waals surface area contributed by atoms with Gasteiger partial charge in [0.05, 0.1) is 13.2 Å². The second kappa shape index (κ2) is 11.1. The molecule has 2 rings (SSSR count). The van der Waals surface area contributed by atoms with Crippen molar-refractivity contribution in [3.05, 3.63) is 54.1 Å². The van der Waals surface area contributed by atoms with Crippen LogP contribution >= 0.6 is 12.4 Å². The molecular formula is C19H24ClN3O4. The Hall–Kier alpha value is -2.74. The first-order valence-electron chi connectivity index (χ1n) is 8.18. The quantitative estimate of drug-likeness (QED) is 0.265. The molecule has 0 unspecified atom stereocenters. The molecule has 0 atom stereocenters. The van der Waals surface area contributed by atoms with Gasteiger partial charge in [0.2, 0.25) is 5.91 Å². The van der Waals surface area contributed by atoms with Crippen LogP contribution < -0.4 is 16.0 Å². The van der Waals surface area contributed by atoms with Gasteiger partial charge in [-0.2, -0.15) is 0 Å². The Labute approximate surface area is 164 Å². The first-order chi connectivity index (χ1) is 12.5. The van der Waals surface area contributed by atoms with Crippen LogP contribution in [0.1, 0.15) is 5.56 Å². The Balaban J connectivity index is 0.00000364. The summed E-state index contributed by atoms with van der Waals surface area (Å²) in [5.41, 5.74) is 8.05. The molecule has 0 saturated heterocycles. The Morgan fingerprint density at radius 1 is 1.07 bits per heavy atom. The van der Waals surface area contributed by atoms with Crippen LogP contribution in [0.4, 0.5) is 17.1 Å². The maximum Gasteiger partial charge on any atom is 0.248 e. The number of hydrogen-bond donors (Lipinski definition) is 5. The third-order valence-corrected chi connectivity index (χ3v) is 3.71. The molecule has 0 aromatic heterocycles. The highest BCUT2D eigenvalue weighted by molar-refractivity contribution is 6.02. The highest BCUT2D eigenvalue weighted by Gasteiger charge is 2.06. The lowest BCUT2D eigenvalue weighted by molar-refractivity contribution is -0.111. The number of carbonyl (C=O) groups excluding carboxylic acids is 1. The number of aliphatic hydroxyl groups excluding tert-OH is 2. The fourth-order valence-electron chi connectivity index (χ4n) is 2.42. The van der Waals surface area contributed by atoms with Gasteiger partial charge < -0.3 is 31.3 Å². The average Bonchev–Trinajstić information content (AvgIpc) is 2.63. The number of amides is 1. The molecule has 0 aliphatic rings. The number of phenolic OH excluding ortho intramolecular Hbond substituents is 1. The first kappa shape index (κ1) is 22.3. The second-order valence-corrected chi connectivity index (χ2v) is 5.62. The number of nitrogens with zero attached hydrogens (tertiary/aromatic N) is 1. The Kier molecular flexibility index (Phi) is 9.15. The number of anilines is 3. The number of aromatic hydroxyl groups is 1. The van der Waals surface area contributed by atoms with Crippen molar-refractivity contribution in [2.24, 2.45) is 0 Å². The summed E-state index contributed by atoms with van der Waals surface area (Å²) in [5, 5.41) is 30.6. The number of hydrogen-bond acceptors (Lipinski definition) is 6. The van der Waals surface area contributed by atoms with Gasteiger partial charge in [0.15, 0.2) is 0 Å². The van der Waals surface area contributed by atoms with Crippen LogP contribution in [0, 0.1) is 0 Å². The van der Waals surface area contributed by atoms with E-state index in [-0.39, 0.29) is 37.3 Å². The first-order valence-corrected chi connectivity index (χ1v) is 8.18. The fraction of sp³-hybridized carbons (Fsp3) is 0.211. The van der Waals surface area contributed by atoms with E-state index in [0.717, 1.165) is 5.69 Å². The predicted molar refractivity (Wildman–Crippen MR) is 110 cm³/mol. The standard InChI is InChI=1S/C19H23N3O4.ClH/c20-15-2-7-18(25)14(13-15)1-8-19(26)21-16-3-5-17(6-4-16)22(9-11-23)10-12-24;/h1-8,13,23-25H,9-12,20H2,(H,21,26);1H. The lowest BCUT2D eigenvalue weighted by Gasteiger charge is -2.23. The summed E-state index contributed by atoms with van der Waals surface area (Å²) >= 11 is 0. The minimum Gasteiger partial charge on any atom is -0.507 e. The normalized spacial score (nSPS) is 10.4. The van der Waals surface area contributed by atoms with Crippen LogP contribution in [0.25, 0.3) is 6.08 Å². The van der Waals surface area contributed by atoms with Gasteiger partial charge in [-0.25, -0.2) is 0 Å². The lowest BCUT2D eigenvalue weighted by Crippen LogP contribution is -2.29. The minimum atomic E-state index is -0.345. The zero-order valence-electron chi connectivity index (χ0n) is 14.7. The van der Waals surface area contributed by atoms with E-state index in [9.17, 15) is 9.90 Å². The van der Waals surface area contributed by atoms with E-state index in [4.69, 9.17) is 15.9 Å². The second-order valence-electron chi connectivity index (χ2n) is 5.62. The Bertz CT molecular complexity index is 760. The zero-order valence-corrected chi connectivity index (χ0v) is 15.5. The van der Waals surface area contributed by atoms with Crippen molar-refractivity contribution in [3.63, 3.8) is 0 Å². The van der Waals surface area contributed by atoms with Gasteiger partial charge in [-0.3, -0.25) is 4.79 Å². The van der Waals surface area contributed by atoms with Gasteiger partial charge in [-0.15, -0.1) is 12.4 Å². The predicted octanol–water partition coefficient (Wildman–Crippen LogP) is 1.84. The van der Waals surface area contributed by atoms with E-state index in [1.54, 1.807) is 36.4 Å². The highest BCUT2D eigenvalue weighted by atomic mass is 35.5. The number of phenols is 1. The van der Waals surface area contributed by atoms with Crippen LogP contribution in [-0.2, 0) is 4.79 Å². The van der Waals surface area contributed by atoms with E-state index in [0.29, 0.717) is 30.0 Å². The molecule has 0 fully saturated rings. The topological polar surface area (TPSA) is 119 Å². The summed E-state index contributed by atoms with van der Waals surface area (Å²) in [6, 6.07) is 11.7. The molecule has 146 valence electrons. The number of halogens is 1. The van der Waals surface area contributed by atoms with Crippen molar-refractivity contribution >= 4 is 41.5 Å². The van der Waals surface area contributed by atoms with Crippen molar-refractivity contribution in [3.8, 4) is 5.75 Å². The molecule has 0 radical (unpaired) electrons. The van der Waals surface area contributed by atoms with Crippen molar-refractivity contribution in [2.75, 3.05) is 42.3 Å². The van der Waals surface area contributed by atoms with Crippen LogP contribution in [0.2, 0.25) is 0 Å². The lowest BCUT2D eigenvalue weighted by atomic mass is 10.1. The smallest absolute Gasteiger partial charge is 0.248 e.